The van der Waals surface area contributed by atoms with Gasteiger partial charge < -0.3 is 19.9 Å². The van der Waals surface area contributed by atoms with Crippen LogP contribution in [0.4, 0.5) is 0 Å². The smallest absolute Gasteiger partial charge is 0.335 e. The summed E-state index contributed by atoms with van der Waals surface area (Å²) in [5, 5.41) is 11.7. The fourth-order valence-electron chi connectivity index (χ4n) is 2.20. The molecule has 0 radical (unpaired) electrons. The third-order valence-corrected chi connectivity index (χ3v) is 3.35. The van der Waals surface area contributed by atoms with Crippen LogP contribution in [0.15, 0.2) is 18.2 Å². The van der Waals surface area contributed by atoms with Crippen molar-refractivity contribution >= 4 is 11.9 Å². The van der Waals surface area contributed by atoms with Crippen LogP contribution in [0.3, 0.4) is 0 Å². The minimum absolute atomic E-state index is 0.0986. The van der Waals surface area contributed by atoms with Crippen LogP contribution in [0.2, 0.25) is 0 Å². The van der Waals surface area contributed by atoms with E-state index in [1.165, 1.54) is 6.07 Å². The van der Waals surface area contributed by atoms with Crippen LogP contribution in [-0.2, 0) is 9.53 Å². The van der Waals surface area contributed by atoms with Gasteiger partial charge in [-0.2, -0.15) is 0 Å². The van der Waals surface area contributed by atoms with Gasteiger partial charge in [-0.05, 0) is 43.5 Å². The monoisotopic (exact) mass is 293 g/mol. The maximum absolute atomic E-state index is 11.6. The molecule has 0 bridgehead atoms. The first-order valence-electron chi connectivity index (χ1n) is 6.91. The molecule has 0 aromatic heterocycles. The van der Waals surface area contributed by atoms with Gasteiger partial charge in [0.2, 0.25) is 0 Å². The highest BCUT2D eigenvalue weighted by Crippen LogP contribution is 2.17. The van der Waals surface area contributed by atoms with E-state index < -0.39 is 5.97 Å². The average molecular weight is 293 g/mol. The molecular formula is C15H19NO5. The van der Waals surface area contributed by atoms with Crippen molar-refractivity contribution in [3.05, 3.63) is 29.3 Å². The van der Waals surface area contributed by atoms with Crippen LogP contribution in [0.25, 0.3) is 0 Å². The number of aryl methyl sites for hydroxylation is 1. The second-order valence-electron chi connectivity index (χ2n) is 5.01. The highest BCUT2D eigenvalue weighted by molar-refractivity contribution is 5.89. The van der Waals surface area contributed by atoms with Crippen LogP contribution in [0, 0.1) is 6.92 Å². The number of benzene rings is 1. The molecule has 1 aromatic carbocycles. The molecule has 2 rings (SSSR count). The van der Waals surface area contributed by atoms with Crippen molar-refractivity contribution in [2.45, 2.75) is 25.9 Å². The molecule has 6 heteroatoms. The van der Waals surface area contributed by atoms with Gasteiger partial charge in [-0.15, -0.1) is 0 Å². The van der Waals surface area contributed by atoms with Gasteiger partial charge in [0.25, 0.3) is 5.91 Å². The third-order valence-electron chi connectivity index (χ3n) is 3.35. The second-order valence-corrected chi connectivity index (χ2v) is 5.01. The standard InChI is InChI=1S/C15H19NO5/c1-10-7-11(4-5-13(10)15(18)19)21-9-14(17)16-8-12-3-2-6-20-12/h4-5,7,12H,2-3,6,8-9H2,1H3,(H,16,17)(H,18,19). The van der Waals surface area contributed by atoms with Gasteiger partial charge in [0.1, 0.15) is 5.75 Å². The summed E-state index contributed by atoms with van der Waals surface area (Å²) in [6.07, 6.45) is 2.11. The summed E-state index contributed by atoms with van der Waals surface area (Å²) in [6, 6.07) is 4.62. The van der Waals surface area contributed by atoms with E-state index >= 15 is 0 Å². The van der Waals surface area contributed by atoms with E-state index in [0.29, 0.717) is 17.9 Å². The molecule has 1 amide bonds. The summed E-state index contributed by atoms with van der Waals surface area (Å²) in [4.78, 5) is 22.5. The van der Waals surface area contributed by atoms with Crippen LogP contribution in [0.5, 0.6) is 5.75 Å². The van der Waals surface area contributed by atoms with Crippen molar-refractivity contribution < 1.29 is 24.2 Å². The molecule has 1 aromatic rings. The second kappa shape index (κ2) is 7.08. The Kier molecular flexibility index (Phi) is 5.16. The zero-order valence-corrected chi connectivity index (χ0v) is 11.9. The molecule has 114 valence electrons. The number of carbonyl (C=O) groups excluding carboxylic acids is 1. The van der Waals surface area contributed by atoms with E-state index in [9.17, 15) is 9.59 Å². The van der Waals surface area contributed by atoms with Crippen molar-refractivity contribution in [2.75, 3.05) is 19.8 Å². The first-order valence-corrected chi connectivity index (χ1v) is 6.91. The molecule has 1 aliphatic rings. The summed E-state index contributed by atoms with van der Waals surface area (Å²) >= 11 is 0. The van der Waals surface area contributed by atoms with Crippen molar-refractivity contribution in [1.82, 2.24) is 5.32 Å². The highest BCUT2D eigenvalue weighted by Gasteiger charge is 2.16. The van der Waals surface area contributed by atoms with E-state index in [1.807, 2.05) is 0 Å². The zero-order valence-electron chi connectivity index (χ0n) is 11.9. The van der Waals surface area contributed by atoms with Gasteiger partial charge in [0.15, 0.2) is 6.61 Å². The van der Waals surface area contributed by atoms with Crippen molar-refractivity contribution in [1.29, 1.82) is 0 Å². The van der Waals surface area contributed by atoms with Gasteiger partial charge >= 0.3 is 5.97 Å². The molecule has 1 unspecified atom stereocenters. The maximum atomic E-state index is 11.6. The minimum Gasteiger partial charge on any atom is -0.484 e. The Bertz CT molecular complexity index is 523. The topological polar surface area (TPSA) is 84.9 Å². The summed E-state index contributed by atoms with van der Waals surface area (Å²) in [6.45, 7) is 2.85. The molecule has 1 aliphatic heterocycles. The quantitative estimate of drug-likeness (QED) is 0.827. The van der Waals surface area contributed by atoms with E-state index in [1.54, 1.807) is 19.1 Å². The first-order chi connectivity index (χ1) is 10.1. The largest absolute Gasteiger partial charge is 0.484 e. The number of hydrogen-bond donors (Lipinski definition) is 2. The Hall–Kier alpha value is -2.08. The molecule has 0 aliphatic carbocycles. The predicted octanol–water partition coefficient (Wildman–Crippen LogP) is 1.37. The van der Waals surface area contributed by atoms with Crippen LogP contribution < -0.4 is 10.1 Å². The van der Waals surface area contributed by atoms with Gasteiger partial charge in [-0.25, -0.2) is 4.79 Å². The fraction of sp³-hybridized carbons (Fsp3) is 0.467. The van der Waals surface area contributed by atoms with Gasteiger partial charge in [-0.1, -0.05) is 0 Å². The molecule has 1 heterocycles. The van der Waals surface area contributed by atoms with E-state index in [4.69, 9.17) is 14.6 Å². The number of nitrogens with one attached hydrogen (secondary N) is 1. The van der Waals surface area contributed by atoms with Crippen LogP contribution in [0.1, 0.15) is 28.8 Å². The number of carbonyl (C=O) groups is 2. The molecule has 1 fully saturated rings. The lowest BCUT2D eigenvalue weighted by molar-refractivity contribution is -0.123. The number of rotatable bonds is 6. The highest BCUT2D eigenvalue weighted by atomic mass is 16.5. The normalized spacial score (nSPS) is 17.5. The van der Waals surface area contributed by atoms with Crippen molar-refractivity contribution in [2.24, 2.45) is 0 Å². The van der Waals surface area contributed by atoms with Gasteiger partial charge in [-0.3, -0.25) is 4.79 Å². The summed E-state index contributed by atoms with van der Waals surface area (Å²) in [7, 11) is 0. The molecule has 0 spiro atoms. The lowest BCUT2D eigenvalue weighted by Gasteiger charge is -2.12. The lowest BCUT2D eigenvalue weighted by atomic mass is 10.1. The molecule has 2 N–H and O–H groups in total. The number of hydrogen-bond acceptors (Lipinski definition) is 4. The Morgan fingerprint density at radius 1 is 1.48 bits per heavy atom. The Morgan fingerprint density at radius 3 is 2.90 bits per heavy atom. The van der Waals surface area contributed by atoms with Crippen molar-refractivity contribution in [3.63, 3.8) is 0 Å². The molecule has 1 saturated heterocycles. The summed E-state index contributed by atoms with van der Waals surface area (Å²) in [5.74, 6) is -0.719. The molecule has 0 saturated carbocycles. The van der Waals surface area contributed by atoms with E-state index in [-0.39, 0.29) is 24.2 Å². The zero-order chi connectivity index (χ0) is 15.2. The molecular weight excluding hydrogens is 274 g/mol. The maximum Gasteiger partial charge on any atom is 0.335 e. The number of aromatic carboxylic acids is 1. The van der Waals surface area contributed by atoms with E-state index in [2.05, 4.69) is 5.32 Å². The summed E-state index contributed by atoms with van der Waals surface area (Å²) in [5.41, 5.74) is 0.824. The molecule has 1 atom stereocenters. The predicted molar refractivity (Wildman–Crippen MR) is 75.6 cm³/mol. The minimum atomic E-state index is -0.978. The Labute approximate surface area is 123 Å². The molecule has 21 heavy (non-hydrogen) atoms. The number of carboxylic acid groups (broad SMARTS) is 1. The number of carboxylic acids is 1. The van der Waals surface area contributed by atoms with Crippen LogP contribution in [-0.4, -0.2) is 42.8 Å². The Balaban J connectivity index is 1.78. The SMILES string of the molecule is Cc1cc(OCC(=O)NCC2CCCO2)ccc1C(=O)O. The first kappa shape index (κ1) is 15.3. The number of ether oxygens (including phenoxy) is 2. The fourth-order valence-corrected chi connectivity index (χ4v) is 2.20. The lowest BCUT2D eigenvalue weighted by Crippen LogP contribution is -2.35. The van der Waals surface area contributed by atoms with E-state index in [0.717, 1.165) is 19.4 Å². The Morgan fingerprint density at radius 2 is 2.29 bits per heavy atom. The summed E-state index contributed by atoms with van der Waals surface area (Å²) < 4.78 is 10.8. The van der Waals surface area contributed by atoms with Gasteiger partial charge in [0.05, 0.1) is 11.7 Å². The van der Waals surface area contributed by atoms with Crippen LogP contribution >= 0.6 is 0 Å². The molecule has 6 nitrogen and oxygen atoms in total. The number of amides is 1. The van der Waals surface area contributed by atoms with Crippen molar-refractivity contribution in [3.8, 4) is 5.75 Å². The van der Waals surface area contributed by atoms with Gasteiger partial charge in [0, 0.05) is 13.2 Å². The average Bonchev–Trinajstić information content (AvgIpc) is 2.95. The third kappa shape index (κ3) is 4.46.